The van der Waals surface area contributed by atoms with Gasteiger partial charge in [-0.05, 0) is 36.2 Å². The van der Waals surface area contributed by atoms with Crippen molar-refractivity contribution in [3.8, 4) is 5.75 Å². The van der Waals surface area contributed by atoms with Gasteiger partial charge in [0.25, 0.3) is 0 Å². The zero-order valence-electron chi connectivity index (χ0n) is 13.9. The Morgan fingerprint density at radius 1 is 1.20 bits per heavy atom. The predicted octanol–water partition coefficient (Wildman–Crippen LogP) is 4.15. The van der Waals surface area contributed by atoms with Crippen LogP contribution in [0.1, 0.15) is 16.7 Å². The van der Waals surface area contributed by atoms with Crippen molar-refractivity contribution in [3.05, 3.63) is 74.6 Å². The Labute approximate surface area is 150 Å². The quantitative estimate of drug-likeness (QED) is 0.648. The van der Waals surface area contributed by atoms with Gasteiger partial charge in [0.2, 0.25) is 0 Å². The number of fused-ring (bicyclic) bond motifs is 2. The third-order valence-corrected chi connectivity index (χ3v) is 4.94. The molecule has 0 atom stereocenters. The van der Waals surface area contributed by atoms with Crippen LogP contribution in [0.5, 0.6) is 5.75 Å². The first-order valence-electron chi connectivity index (χ1n) is 8.26. The molecule has 3 aromatic rings. The number of benzene rings is 2. The second-order valence-electron chi connectivity index (χ2n) is 6.36. The van der Waals surface area contributed by atoms with Crippen molar-refractivity contribution in [1.82, 2.24) is 4.90 Å². The van der Waals surface area contributed by atoms with E-state index in [9.17, 15) is 4.79 Å². The summed E-state index contributed by atoms with van der Waals surface area (Å²) in [5.74, 6) is 0.932. The molecule has 1 aliphatic rings. The summed E-state index contributed by atoms with van der Waals surface area (Å²) in [4.78, 5) is 14.2. The molecular weight excluding hydrogens is 338 g/mol. The molecule has 25 heavy (non-hydrogen) atoms. The van der Waals surface area contributed by atoms with Crippen molar-refractivity contribution in [3.63, 3.8) is 0 Å². The molecule has 0 fully saturated rings. The maximum atomic E-state index is 12.0. The van der Waals surface area contributed by atoms with Crippen molar-refractivity contribution in [2.24, 2.45) is 0 Å². The molecule has 2 aromatic carbocycles. The highest BCUT2D eigenvalue weighted by Crippen LogP contribution is 2.28. The summed E-state index contributed by atoms with van der Waals surface area (Å²) in [6, 6.07) is 13.3. The summed E-state index contributed by atoms with van der Waals surface area (Å²) in [5, 5.41) is 1.56. The van der Waals surface area contributed by atoms with Crippen LogP contribution in [0.2, 0.25) is 5.02 Å². The smallest absolute Gasteiger partial charge is 0.336 e. The summed E-state index contributed by atoms with van der Waals surface area (Å²) >= 11 is 6.28. The molecule has 4 rings (SSSR count). The van der Waals surface area contributed by atoms with Crippen LogP contribution in [0.15, 0.2) is 51.7 Å². The molecule has 0 bridgehead atoms. The van der Waals surface area contributed by atoms with Crippen molar-refractivity contribution in [2.45, 2.75) is 20.0 Å². The maximum absolute atomic E-state index is 12.0. The molecule has 128 valence electrons. The minimum absolute atomic E-state index is 0.337. The van der Waals surface area contributed by atoms with Crippen LogP contribution in [-0.2, 0) is 13.1 Å². The van der Waals surface area contributed by atoms with E-state index >= 15 is 0 Å². The SMILES string of the molecule is Cc1cc2oc(=O)cc(CN3CCOc4ccccc4C3)c2cc1Cl. The monoisotopic (exact) mass is 355 g/mol. The number of para-hydroxylation sites is 1. The van der Waals surface area contributed by atoms with Crippen molar-refractivity contribution >= 4 is 22.6 Å². The molecule has 0 radical (unpaired) electrons. The van der Waals surface area contributed by atoms with Gasteiger partial charge in [0.05, 0.1) is 0 Å². The summed E-state index contributed by atoms with van der Waals surface area (Å²) in [6.45, 7) is 4.72. The van der Waals surface area contributed by atoms with Gasteiger partial charge in [0, 0.05) is 41.7 Å². The van der Waals surface area contributed by atoms with E-state index in [1.54, 1.807) is 6.07 Å². The van der Waals surface area contributed by atoms with Crippen LogP contribution < -0.4 is 10.4 Å². The Morgan fingerprint density at radius 3 is 2.92 bits per heavy atom. The van der Waals surface area contributed by atoms with E-state index in [2.05, 4.69) is 11.0 Å². The van der Waals surface area contributed by atoms with Gasteiger partial charge < -0.3 is 9.15 Å². The summed E-state index contributed by atoms with van der Waals surface area (Å²) in [7, 11) is 0. The number of hydrogen-bond acceptors (Lipinski definition) is 4. The molecule has 0 N–H and O–H groups in total. The molecular formula is C20H18ClNO3. The zero-order valence-corrected chi connectivity index (χ0v) is 14.7. The molecule has 0 saturated carbocycles. The Kier molecular flexibility index (Phi) is 4.24. The Morgan fingerprint density at radius 2 is 2.04 bits per heavy atom. The summed E-state index contributed by atoms with van der Waals surface area (Å²) in [5.41, 5.74) is 3.21. The highest BCUT2D eigenvalue weighted by Gasteiger charge is 2.17. The number of halogens is 1. The van der Waals surface area contributed by atoms with Crippen LogP contribution in [0.25, 0.3) is 11.0 Å². The molecule has 0 unspecified atom stereocenters. The van der Waals surface area contributed by atoms with Crippen LogP contribution in [0.4, 0.5) is 0 Å². The minimum Gasteiger partial charge on any atom is -0.492 e. The van der Waals surface area contributed by atoms with Gasteiger partial charge in [0.1, 0.15) is 17.9 Å². The number of hydrogen-bond donors (Lipinski definition) is 0. The fourth-order valence-electron chi connectivity index (χ4n) is 3.23. The van der Waals surface area contributed by atoms with Gasteiger partial charge in [-0.3, -0.25) is 4.90 Å². The molecule has 1 aromatic heterocycles. The van der Waals surface area contributed by atoms with E-state index < -0.39 is 0 Å². The van der Waals surface area contributed by atoms with E-state index in [4.69, 9.17) is 20.8 Å². The number of ether oxygens (including phenoxy) is 1. The Hall–Kier alpha value is -2.30. The fourth-order valence-corrected chi connectivity index (χ4v) is 3.40. The molecule has 1 aliphatic heterocycles. The Balaban J connectivity index is 1.71. The predicted molar refractivity (Wildman–Crippen MR) is 98.3 cm³/mol. The minimum atomic E-state index is -0.337. The number of nitrogens with zero attached hydrogens (tertiary/aromatic N) is 1. The van der Waals surface area contributed by atoms with Gasteiger partial charge in [0.15, 0.2) is 0 Å². The van der Waals surface area contributed by atoms with E-state index in [1.165, 1.54) is 0 Å². The third kappa shape index (κ3) is 3.28. The topological polar surface area (TPSA) is 42.7 Å². The van der Waals surface area contributed by atoms with Gasteiger partial charge in [-0.2, -0.15) is 0 Å². The maximum Gasteiger partial charge on any atom is 0.336 e. The van der Waals surface area contributed by atoms with E-state index in [-0.39, 0.29) is 5.63 Å². The first-order valence-corrected chi connectivity index (χ1v) is 8.64. The molecule has 0 spiro atoms. The van der Waals surface area contributed by atoms with Crippen LogP contribution in [0, 0.1) is 6.92 Å². The lowest BCUT2D eigenvalue weighted by atomic mass is 10.1. The summed E-state index contributed by atoms with van der Waals surface area (Å²) in [6.07, 6.45) is 0. The molecule has 0 aliphatic carbocycles. The zero-order chi connectivity index (χ0) is 17.4. The summed E-state index contributed by atoms with van der Waals surface area (Å²) < 4.78 is 11.2. The van der Waals surface area contributed by atoms with Gasteiger partial charge >= 0.3 is 5.63 Å². The molecule has 4 nitrogen and oxygen atoms in total. The number of aryl methyl sites for hydroxylation is 1. The molecule has 0 amide bonds. The lowest BCUT2D eigenvalue weighted by molar-refractivity contribution is 0.220. The van der Waals surface area contributed by atoms with E-state index in [1.807, 2.05) is 37.3 Å². The van der Waals surface area contributed by atoms with Crippen LogP contribution in [0.3, 0.4) is 0 Å². The molecule has 0 saturated heterocycles. The average molecular weight is 356 g/mol. The number of rotatable bonds is 2. The van der Waals surface area contributed by atoms with Crippen molar-refractivity contribution in [1.29, 1.82) is 0 Å². The average Bonchev–Trinajstić information content (AvgIpc) is 2.78. The van der Waals surface area contributed by atoms with Crippen LogP contribution in [-0.4, -0.2) is 18.1 Å². The molecule has 2 heterocycles. The first kappa shape index (κ1) is 16.2. The largest absolute Gasteiger partial charge is 0.492 e. The first-order chi connectivity index (χ1) is 12.1. The lowest BCUT2D eigenvalue weighted by Gasteiger charge is -2.20. The lowest BCUT2D eigenvalue weighted by Crippen LogP contribution is -2.25. The van der Waals surface area contributed by atoms with Gasteiger partial charge in [-0.25, -0.2) is 4.79 Å². The highest BCUT2D eigenvalue weighted by atomic mass is 35.5. The van der Waals surface area contributed by atoms with E-state index in [0.717, 1.165) is 40.9 Å². The van der Waals surface area contributed by atoms with Crippen LogP contribution >= 0.6 is 11.6 Å². The second-order valence-corrected chi connectivity index (χ2v) is 6.76. The molecule has 5 heteroatoms. The van der Waals surface area contributed by atoms with Gasteiger partial charge in [-0.1, -0.05) is 29.8 Å². The van der Waals surface area contributed by atoms with Gasteiger partial charge in [-0.15, -0.1) is 0 Å². The normalized spacial score (nSPS) is 14.8. The highest BCUT2D eigenvalue weighted by molar-refractivity contribution is 6.32. The standard InChI is InChI=1S/C20H18ClNO3/c1-13-8-19-16(10-17(13)21)15(9-20(23)25-19)12-22-6-7-24-18-5-3-2-4-14(18)11-22/h2-5,8-10H,6-7,11-12H2,1H3. The van der Waals surface area contributed by atoms with Crippen molar-refractivity contribution < 1.29 is 9.15 Å². The fraction of sp³-hybridized carbons (Fsp3) is 0.250. The second kappa shape index (κ2) is 6.54. The third-order valence-electron chi connectivity index (χ3n) is 4.54. The van der Waals surface area contributed by atoms with E-state index in [0.29, 0.717) is 23.8 Å². The van der Waals surface area contributed by atoms with Crippen molar-refractivity contribution in [2.75, 3.05) is 13.2 Å². The Bertz CT molecular complexity index is 996.